The van der Waals surface area contributed by atoms with E-state index in [2.05, 4.69) is 37.8 Å². The number of halogens is 2. The van der Waals surface area contributed by atoms with Gasteiger partial charge in [-0.3, -0.25) is 0 Å². The molecule has 0 amide bonds. The van der Waals surface area contributed by atoms with Crippen molar-refractivity contribution in [3.8, 4) is 12.3 Å². The molecule has 0 nitrogen and oxygen atoms in total. The summed E-state index contributed by atoms with van der Waals surface area (Å²) in [7, 11) is 0. The van der Waals surface area contributed by atoms with Crippen molar-refractivity contribution >= 4 is 31.9 Å². The Hall–Kier alpha value is 0.520. The third-order valence-electron chi connectivity index (χ3n) is 0.126. The van der Waals surface area contributed by atoms with Crippen molar-refractivity contribution < 1.29 is 0 Å². The molecule has 0 fully saturated rings. The Labute approximate surface area is 48.2 Å². The van der Waals surface area contributed by atoms with Crippen LogP contribution in [-0.2, 0) is 0 Å². The zero-order chi connectivity index (χ0) is 4.28. The maximum Gasteiger partial charge on any atom is 0.130 e. The maximum atomic E-state index is 4.83. The molecule has 0 aliphatic carbocycles. The molecule has 0 spiro atoms. The van der Waals surface area contributed by atoms with Crippen LogP contribution in [0.25, 0.3) is 0 Å². The van der Waals surface area contributed by atoms with Crippen LogP contribution in [0.2, 0.25) is 0 Å². The van der Waals surface area contributed by atoms with Gasteiger partial charge in [-0.1, -0.05) is 37.8 Å². The third-order valence-corrected chi connectivity index (χ3v) is 0.655. The van der Waals surface area contributed by atoms with Gasteiger partial charge in [0.05, 0.1) is 0 Å². The van der Waals surface area contributed by atoms with E-state index in [4.69, 9.17) is 6.42 Å². The number of terminal acetylenes is 1. The predicted octanol–water partition coefficient (Wildman–Crippen LogP) is 1.74. The van der Waals surface area contributed by atoms with Gasteiger partial charge in [-0.15, -0.1) is 6.42 Å². The molecule has 0 saturated carbocycles. The van der Waals surface area contributed by atoms with Crippen molar-refractivity contribution in [2.24, 2.45) is 0 Å². The highest BCUT2D eigenvalue weighted by molar-refractivity contribution is 9.24. The molecule has 0 aliphatic heterocycles. The lowest BCUT2D eigenvalue weighted by molar-refractivity contribution is 1.90. The second-order valence-corrected chi connectivity index (χ2v) is 3.53. The van der Waals surface area contributed by atoms with Gasteiger partial charge >= 0.3 is 0 Å². The summed E-state index contributed by atoms with van der Waals surface area (Å²) in [4.78, 5) is 0. The van der Waals surface area contributed by atoms with E-state index in [0.717, 1.165) is 0 Å². The number of hydrogen-bond donors (Lipinski definition) is 0. The molecule has 0 N–H and O–H groups in total. The summed E-state index contributed by atoms with van der Waals surface area (Å²) < 4.78 is 0.0370. The molecule has 0 aromatic carbocycles. The van der Waals surface area contributed by atoms with Crippen LogP contribution >= 0.6 is 31.9 Å². The van der Waals surface area contributed by atoms with Crippen molar-refractivity contribution in [1.82, 2.24) is 0 Å². The highest BCUT2D eigenvalue weighted by Crippen LogP contribution is 2.03. The average Bonchev–Trinajstić information content (AvgIpc) is 1.38. The molecular weight excluding hydrogens is 196 g/mol. The van der Waals surface area contributed by atoms with Crippen LogP contribution in [0, 0.1) is 12.3 Å². The Balaban J connectivity index is 2.94. The molecule has 0 saturated heterocycles. The minimum atomic E-state index is 0.0370. The van der Waals surface area contributed by atoms with Crippen LogP contribution in [0.4, 0.5) is 0 Å². The van der Waals surface area contributed by atoms with Gasteiger partial charge in [0.1, 0.15) is 3.74 Å². The van der Waals surface area contributed by atoms with E-state index >= 15 is 0 Å². The molecule has 0 bridgehead atoms. The lowest BCUT2D eigenvalue weighted by Crippen LogP contribution is -1.67. The zero-order valence-corrected chi connectivity index (χ0v) is 5.58. The minimum Gasteiger partial charge on any atom is -0.118 e. The second kappa shape index (κ2) is 2.74. The van der Waals surface area contributed by atoms with E-state index in [1.165, 1.54) is 0 Å². The Morgan fingerprint density at radius 2 is 1.80 bits per heavy atom. The molecule has 0 aliphatic rings. The van der Waals surface area contributed by atoms with Crippen LogP contribution < -0.4 is 0 Å². The molecular formula is C3H2Br2. The molecule has 0 aromatic rings. The zero-order valence-electron chi connectivity index (χ0n) is 2.41. The smallest absolute Gasteiger partial charge is 0.118 e. The number of alkyl halides is 2. The highest BCUT2D eigenvalue weighted by Gasteiger charge is 1.80. The monoisotopic (exact) mass is 196 g/mol. The maximum absolute atomic E-state index is 4.83. The van der Waals surface area contributed by atoms with Crippen LogP contribution in [0.1, 0.15) is 0 Å². The fraction of sp³-hybridized carbons (Fsp3) is 0.333. The summed E-state index contributed by atoms with van der Waals surface area (Å²) in [6.45, 7) is 0. The van der Waals surface area contributed by atoms with Crippen molar-refractivity contribution in [1.29, 1.82) is 0 Å². The van der Waals surface area contributed by atoms with Crippen LogP contribution in [0.15, 0.2) is 0 Å². The van der Waals surface area contributed by atoms with Gasteiger partial charge in [0.25, 0.3) is 0 Å². The Morgan fingerprint density at radius 3 is 1.80 bits per heavy atom. The fourth-order valence-corrected chi connectivity index (χ4v) is 0. The lowest BCUT2D eigenvalue weighted by atomic mass is 10.8. The van der Waals surface area contributed by atoms with Gasteiger partial charge in [0.15, 0.2) is 0 Å². The van der Waals surface area contributed by atoms with Crippen molar-refractivity contribution in [3.63, 3.8) is 0 Å². The first-order valence-corrected chi connectivity index (χ1v) is 2.85. The van der Waals surface area contributed by atoms with Gasteiger partial charge in [-0.25, -0.2) is 0 Å². The SMILES string of the molecule is C#CC(Br)Br. The molecule has 0 aromatic heterocycles. The number of hydrogen-bond acceptors (Lipinski definition) is 0. The summed E-state index contributed by atoms with van der Waals surface area (Å²) in [5.74, 6) is 2.36. The fourth-order valence-electron chi connectivity index (χ4n) is 0. The minimum absolute atomic E-state index is 0.0370. The van der Waals surface area contributed by atoms with E-state index in [9.17, 15) is 0 Å². The molecule has 0 atom stereocenters. The topological polar surface area (TPSA) is 0 Å². The Kier molecular flexibility index (Phi) is 3.03. The first kappa shape index (κ1) is 5.52. The van der Waals surface area contributed by atoms with Crippen molar-refractivity contribution in [3.05, 3.63) is 0 Å². The van der Waals surface area contributed by atoms with Gasteiger partial charge in [0, 0.05) is 0 Å². The molecule has 0 radical (unpaired) electrons. The summed E-state index contributed by atoms with van der Waals surface area (Å²) >= 11 is 6.11. The average molecular weight is 198 g/mol. The molecule has 0 heterocycles. The molecule has 5 heavy (non-hydrogen) atoms. The molecule has 0 rings (SSSR count). The normalized spacial score (nSPS) is 7.60. The summed E-state index contributed by atoms with van der Waals surface area (Å²) in [6, 6.07) is 0. The molecule has 2 heteroatoms. The van der Waals surface area contributed by atoms with Crippen LogP contribution in [-0.4, -0.2) is 3.74 Å². The van der Waals surface area contributed by atoms with Gasteiger partial charge in [-0.05, 0) is 0 Å². The Morgan fingerprint density at radius 1 is 1.60 bits per heavy atom. The molecule has 28 valence electrons. The summed E-state index contributed by atoms with van der Waals surface area (Å²) in [6.07, 6.45) is 4.83. The van der Waals surface area contributed by atoms with Crippen molar-refractivity contribution in [2.75, 3.05) is 0 Å². The standard InChI is InChI=1S/C3H2Br2/c1-2-3(4)5/h1,3H. The highest BCUT2D eigenvalue weighted by atomic mass is 79.9. The summed E-state index contributed by atoms with van der Waals surface area (Å²) in [5, 5.41) is 0. The van der Waals surface area contributed by atoms with E-state index in [0.29, 0.717) is 0 Å². The van der Waals surface area contributed by atoms with Gasteiger partial charge < -0.3 is 0 Å². The molecule has 0 unspecified atom stereocenters. The van der Waals surface area contributed by atoms with Gasteiger partial charge in [0.2, 0.25) is 0 Å². The predicted molar refractivity (Wildman–Crippen MR) is 30.5 cm³/mol. The summed E-state index contributed by atoms with van der Waals surface area (Å²) in [5.41, 5.74) is 0. The van der Waals surface area contributed by atoms with E-state index in [1.807, 2.05) is 0 Å². The van der Waals surface area contributed by atoms with Crippen LogP contribution in [0.3, 0.4) is 0 Å². The van der Waals surface area contributed by atoms with E-state index in [-0.39, 0.29) is 3.74 Å². The largest absolute Gasteiger partial charge is 0.130 e. The van der Waals surface area contributed by atoms with E-state index < -0.39 is 0 Å². The van der Waals surface area contributed by atoms with E-state index in [1.54, 1.807) is 0 Å². The van der Waals surface area contributed by atoms with Gasteiger partial charge in [-0.2, -0.15) is 0 Å². The lowest BCUT2D eigenvalue weighted by Gasteiger charge is -1.74. The quantitative estimate of drug-likeness (QED) is 0.410. The van der Waals surface area contributed by atoms with Crippen LogP contribution in [0.5, 0.6) is 0 Å². The first-order valence-electron chi connectivity index (χ1n) is 1.01. The third kappa shape index (κ3) is 4.52. The number of rotatable bonds is 0. The Bertz CT molecular complexity index is 50.4. The second-order valence-electron chi connectivity index (χ2n) is 0.467. The van der Waals surface area contributed by atoms with Crippen molar-refractivity contribution in [2.45, 2.75) is 3.74 Å². The first-order chi connectivity index (χ1) is 2.27.